The highest BCUT2D eigenvalue weighted by molar-refractivity contribution is 5.27. The molecule has 0 aromatic heterocycles. The molecule has 1 aromatic carbocycles. The first-order valence-corrected chi connectivity index (χ1v) is 4.78. The fourth-order valence-corrected chi connectivity index (χ4v) is 2.05. The van der Waals surface area contributed by atoms with Gasteiger partial charge in [0.2, 0.25) is 0 Å². The van der Waals surface area contributed by atoms with Crippen LogP contribution in [0.2, 0.25) is 0 Å². The molecular formula is C12H15. The molecule has 0 nitrogen and oxygen atoms in total. The second-order valence-corrected chi connectivity index (χ2v) is 3.72. The number of benzene rings is 1. The molecule has 0 spiro atoms. The summed E-state index contributed by atoms with van der Waals surface area (Å²) in [7, 11) is 0. The van der Waals surface area contributed by atoms with E-state index in [9.17, 15) is 0 Å². The molecule has 1 radical (unpaired) electrons. The fourth-order valence-electron chi connectivity index (χ4n) is 2.05. The van der Waals surface area contributed by atoms with Crippen molar-refractivity contribution in [3.8, 4) is 0 Å². The number of rotatable bonds is 1. The van der Waals surface area contributed by atoms with Crippen molar-refractivity contribution < 1.29 is 0 Å². The molecule has 1 fully saturated rings. The van der Waals surface area contributed by atoms with Crippen molar-refractivity contribution >= 4 is 0 Å². The summed E-state index contributed by atoms with van der Waals surface area (Å²) in [6.45, 7) is 3.89. The summed E-state index contributed by atoms with van der Waals surface area (Å²) in [5.41, 5.74) is 2.64. The molecular weight excluding hydrogens is 144 g/mol. The van der Waals surface area contributed by atoms with Gasteiger partial charge in [-0.1, -0.05) is 37.1 Å². The average molecular weight is 159 g/mol. The molecule has 2 rings (SSSR count). The standard InChI is InChI=1S/C12H15/c1-10-6-8-12(9-7-10)11-4-2-3-5-11/h6-9,11H,1-5H2. The van der Waals surface area contributed by atoms with Gasteiger partial charge in [0.1, 0.15) is 0 Å². The van der Waals surface area contributed by atoms with Gasteiger partial charge in [-0.15, -0.1) is 0 Å². The minimum Gasteiger partial charge on any atom is -0.0587 e. The minimum absolute atomic E-state index is 0.839. The van der Waals surface area contributed by atoms with Gasteiger partial charge in [0, 0.05) is 0 Å². The summed E-state index contributed by atoms with van der Waals surface area (Å²) in [5.74, 6) is 0.839. The summed E-state index contributed by atoms with van der Waals surface area (Å²) in [5, 5.41) is 0. The third-order valence-corrected chi connectivity index (χ3v) is 2.81. The van der Waals surface area contributed by atoms with E-state index in [0.717, 1.165) is 11.5 Å². The maximum absolute atomic E-state index is 3.89. The molecule has 0 N–H and O–H groups in total. The molecule has 0 amide bonds. The first-order valence-electron chi connectivity index (χ1n) is 4.78. The third kappa shape index (κ3) is 1.52. The van der Waals surface area contributed by atoms with E-state index < -0.39 is 0 Å². The van der Waals surface area contributed by atoms with Gasteiger partial charge in [0.15, 0.2) is 0 Å². The Kier molecular flexibility index (Phi) is 2.16. The largest absolute Gasteiger partial charge is 0.0587 e. The molecule has 63 valence electrons. The van der Waals surface area contributed by atoms with E-state index in [1.54, 1.807) is 0 Å². The lowest BCUT2D eigenvalue weighted by molar-refractivity contribution is 0.723. The first-order chi connectivity index (χ1) is 5.86. The SMILES string of the molecule is [CH2]c1ccc(C2CCCC2)cc1. The maximum atomic E-state index is 3.89. The molecule has 1 aromatic rings. The predicted octanol–water partition coefficient (Wildman–Crippen LogP) is 3.53. The number of hydrogen-bond donors (Lipinski definition) is 0. The van der Waals surface area contributed by atoms with Gasteiger partial charge < -0.3 is 0 Å². The first kappa shape index (κ1) is 7.85. The fraction of sp³-hybridized carbons (Fsp3) is 0.417. The maximum Gasteiger partial charge on any atom is -0.0162 e. The van der Waals surface area contributed by atoms with Crippen molar-refractivity contribution in [1.82, 2.24) is 0 Å². The van der Waals surface area contributed by atoms with Crippen LogP contribution in [0.3, 0.4) is 0 Å². The smallest absolute Gasteiger partial charge is 0.0162 e. The van der Waals surface area contributed by atoms with Gasteiger partial charge in [-0.3, -0.25) is 0 Å². The normalized spacial score (nSPS) is 18.4. The van der Waals surface area contributed by atoms with E-state index in [0.29, 0.717) is 0 Å². The lowest BCUT2D eigenvalue weighted by Crippen LogP contribution is -1.90. The van der Waals surface area contributed by atoms with Gasteiger partial charge in [0.25, 0.3) is 0 Å². The second-order valence-electron chi connectivity index (χ2n) is 3.72. The van der Waals surface area contributed by atoms with E-state index in [1.165, 1.54) is 31.2 Å². The van der Waals surface area contributed by atoms with Crippen LogP contribution in [0.25, 0.3) is 0 Å². The zero-order chi connectivity index (χ0) is 8.39. The van der Waals surface area contributed by atoms with Crippen molar-refractivity contribution in [2.45, 2.75) is 31.6 Å². The summed E-state index contributed by atoms with van der Waals surface area (Å²) in [6, 6.07) is 8.71. The van der Waals surface area contributed by atoms with Crippen molar-refractivity contribution in [1.29, 1.82) is 0 Å². The van der Waals surface area contributed by atoms with Crippen LogP contribution in [-0.4, -0.2) is 0 Å². The molecule has 0 aliphatic heterocycles. The van der Waals surface area contributed by atoms with E-state index in [1.807, 2.05) is 0 Å². The Morgan fingerprint density at radius 3 is 2.17 bits per heavy atom. The molecule has 0 saturated heterocycles. The van der Waals surface area contributed by atoms with Crippen molar-refractivity contribution in [2.75, 3.05) is 0 Å². The van der Waals surface area contributed by atoms with E-state index in [4.69, 9.17) is 0 Å². The highest BCUT2D eigenvalue weighted by Crippen LogP contribution is 2.33. The zero-order valence-corrected chi connectivity index (χ0v) is 7.42. The van der Waals surface area contributed by atoms with E-state index in [2.05, 4.69) is 31.2 Å². The Morgan fingerprint density at radius 2 is 1.58 bits per heavy atom. The van der Waals surface area contributed by atoms with Crippen LogP contribution in [-0.2, 0) is 0 Å². The van der Waals surface area contributed by atoms with Crippen LogP contribution < -0.4 is 0 Å². The minimum atomic E-state index is 0.839. The van der Waals surface area contributed by atoms with Crippen LogP contribution in [0.15, 0.2) is 24.3 Å². The number of hydrogen-bond acceptors (Lipinski definition) is 0. The molecule has 1 aliphatic rings. The van der Waals surface area contributed by atoms with Gasteiger partial charge >= 0.3 is 0 Å². The highest BCUT2D eigenvalue weighted by Gasteiger charge is 2.16. The van der Waals surface area contributed by atoms with E-state index >= 15 is 0 Å². The molecule has 1 aliphatic carbocycles. The predicted molar refractivity (Wildman–Crippen MR) is 52.1 cm³/mol. The lowest BCUT2D eigenvalue weighted by atomic mass is 9.97. The van der Waals surface area contributed by atoms with Crippen LogP contribution in [0.1, 0.15) is 42.7 Å². The van der Waals surface area contributed by atoms with Crippen molar-refractivity contribution in [3.63, 3.8) is 0 Å². The highest BCUT2D eigenvalue weighted by atomic mass is 14.2. The summed E-state index contributed by atoms with van der Waals surface area (Å²) in [4.78, 5) is 0. The Labute approximate surface area is 74.6 Å². The molecule has 12 heavy (non-hydrogen) atoms. The van der Waals surface area contributed by atoms with Gasteiger partial charge in [-0.25, -0.2) is 0 Å². The quantitative estimate of drug-likeness (QED) is 0.588. The molecule has 0 atom stereocenters. The Bertz CT molecular complexity index is 239. The monoisotopic (exact) mass is 159 g/mol. The van der Waals surface area contributed by atoms with Crippen molar-refractivity contribution in [3.05, 3.63) is 42.3 Å². The van der Waals surface area contributed by atoms with Crippen LogP contribution in [0, 0.1) is 6.92 Å². The Morgan fingerprint density at radius 1 is 1.00 bits per heavy atom. The molecule has 1 saturated carbocycles. The second kappa shape index (κ2) is 3.30. The molecule has 0 unspecified atom stereocenters. The van der Waals surface area contributed by atoms with Crippen molar-refractivity contribution in [2.24, 2.45) is 0 Å². The summed E-state index contributed by atoms with van der Waals surface area (Å²) >= 11 is 0. The summed E-state index contributed by atoms with van der Waals surface area (Å²) in [6.07, 6.45) is 5.60. The van der Waals surface area contributed by atoms with Crippen LogP contribution >= 0.6 is 0 Å². The van der Waals surface area contributed by atoms with Gasteiger partial charge in [-0.2, -0.15) is 0 Å². The molecule has 0 bridgehead atoms. The van der Waals surface area contributed by atoms with Gasteiger partial charge in [-0.05, 0) is 36.8 Å². The summed E-state index contributed by atoms with van der Waals surface area (Å²) < 4.78 is 0. The van der Waals surface area contributed by atoms with Crippen LogP contribution in [0.4, 0.5) is 0 Å². The average Bonchev–Trinajstić information content (AvgIpc) is 2.58. The third-order valence-electron chi connectivity index (χ3n) is 2.81. The van der Waals surface area contributed by atoms with Gasteiger partial charge in [0.05, 0.1) is 0 Å². The Hall–Kier alpha value is -0.780. The molecule has 0 heterocycles. The molecule has 0 heteroatoms. The topological polar surface area (TPSA) is 0 Å². The zero-order valence-electron chi connectivity index (χ0n) is 7.42. The Balaban J connectivity index is 2.17. The van der Waals surface area contributed by atoms with E-state index in [-0.39, 0.29) is 0 Å². The van der Waals surface area contributed by atoms with Crippen LogP contribution in [0.5, 0.6) is 0 Å². The lowest BCUT2D eigenvalue weighted by Gasteiger charge is -2.08.